The first-order valence-electron chi connectivity index (χ1n) is 8.11. The van der Waals surface area contributed by atoms with E-state index in [-0.39, 0.29) is 28.3 Å². The minimum atomic E-state index is -0.872. The monoisotopic (exact) mass is 303 g/mol. The van der Waals surface area contributed by atoms with Gasteiger partial charge in [0.05, 0.1) is 11.5 Å². The Labute approximate surface area is 131 Å². The van der Waals surface area contributed by atoms with Crippen LogP contribution >= 0.6 is 0 Å². The highest BCUT2D eigenvalue weighted by atomic mass is 16.4. The molecule has 0 radical (unpaired) electrons. The Kier molecular flexibility index (Phi) is 3.24. The fraction of sp³-hybridized carbons (Fsp3) is 0.778. The number of allylic oxidation sites excluding steroid dienone is 1. The summed E-state index contributed by atoms with van der Waals surface area (Å²) < 4.78 is 0. The van der Waals surface area contributed by atoms with E-state index >= 15 is 0 Å². The van der Waals surface area contributed by atoms with Crippen LogP contribution in [0.5, 0.6) is 0 Å². The zero-order chi connectivity index (χ0) is 16.2. The standard InChI is InChI=1S/C18H25NO3/c1-13(14(21)22)3-4-16-5-15(2)6-17(8-16,11-19)10-18(7-15,9-16)12-20/h3,20H,4-10,12H2,1-2H3,(H,21,22). The molecule has 0 saturated heterocycles. The van der Waals surface area contributed by atoms with Gasteiger partial charge in [-0.2, -0.15) is 5.26 Å². The predicted molar refractivity (Wildman–Crippen MR) is 81.8 cm³/mol. The Morgan fingerprint density at radius 2 is 1.82 bits per heavy atom. The highest BCUT2D eigenvalue weighted by Crippen LogP contribution is 2.74. The van der Waals surface area contributed by atoms with Gasteiger partial charge in [0.25, 0.3) is 0 Å². The molecule has 0 aromatic heterocycles. The van der Waals surface area contributed by atoms with E-state index in [1.807, 2.05) is 6.08 Å². The average molecular weight is 303 g/mol. The topological polar surface area (TPSA) is 81.3 Å². The number of hydrogen-bond acceptors (Lipinski definition) is 3. The van der Waals surface area contributed by atoms with Crippen molar-refractivity contribution >= 4 is 5.97 Å². The molecule has 4 bridgehead atoms. The lowest BCUT2D eigenvalue weighted by Crippen LogP contribution is -2.61. The minimum absolute atomic E-state index is 0.0152. The van der Waals surface area contributed by atoms with Crippen LogP contribution in [0.2, 0.25) is 0 Å². The van der Waals surface area contributed by atoms with Gasteiger partial charge in [0.2, 0.25) is 0 Å². The van der Waals surface area contributed by atoms with Gasteiger partial charge < -0.3 is 10.2 Å². The molecule has 4 fully saturated rings. The molecular weight excluding hydrogens is 278 g/mol. The highest BCUT2D eigenvalue weighted by Gasteiger charge is 2.66. The summed E-state index contributed by atoms with van der Waals surface area (Å²) >= 11 is 0. The summed E-state index contributed by atoms with van der Waals surface area (Å²) in [7, 11) is 0. The molecule has 0 aromatic rings. The molecule has 0 spiro atoms. The van der Waals surface area contributed by atoms with Crippen molar-refractivity contribution in [3.05, 3.63) is 11.6 Å². The van der Waals surface area contributed by atoms with Gasteiger partial charge in [-0.15, -0.1) is 0 Å². The van der Waals surface area contributed by atoms with Crippen molar-refractivity contribution < 1.29 is 15.0 Å². The number of rotatable bonds is 4. The Morgan fingerprint density at radius 1 is 1.18 bits per heavy atom. The molecular formula is C18H25NO3. The third-order valence-corrected chi connectivity index (χ3v) is 6.30. The molecule has 0 aliphatic heterocycles. The van der Waals surface area contributed by atoms with E-state index in [1.54, 1.807) is 6.92 Å². The number of carboxylic acid groups (broad SMARTS) is 1. The maximum Gasteiger partial charge on any atom is 0.330 e. The van der Waals surface area contributed by atoms with Crippen molar-refractivity contribution in [1.29, 1.82) is 5.26 Å². The molecule has 0 heterocycles. The first kappa shape index (κ1) is 15.6. The van der Waals surface area contributed by atoms with Gasteiger partial charge in [-0.25, -0.2) is 4.79 Å². The SMILES string of the molecule is CC(=CCC12CC3(C)CC(C#N)(CC(CO)(C3)C1)C2)C(=O)O. The van der Waals surface area contributed by atoms with Crippen LogP contribution in [0.15, 0.2) is 11.6 Å². The Morgan fingerprint density at radius 3 is 2.41 bits per heavy atom. The van der Waals surface area contributed by atoms with Crippen LogP contribution < -0.4 is 0 Å². The second-order valence-corrected chi connectivity index (χ2v) is 8.82. The van der Waals surface area contributed by atoms with Crippen LogP contribution in [0.4, 0.5) is 0 Å². The Hall–Kier alpha value is -1.34. The minimum Gasteiger partial charge on any atom is -0.478 e. The van der Waals surface area contributed by atoms with E-state index in [2.05, 4.69) is 13.0 Å². The van der Waals surface area contributed by atoms with Gasteiger partial charge in [-0.3, -0.25) is 0 Å². The number of aliphatic hydroxyl groups excluding tert-OH is 1. The van der Waals surface area contributed by atoms with E-state index in [0.717, 1.165) is 38.5 Å². The molecule has 4 saturated carbocycles. The number of nitrogens with zero attached hydrogens (tertiary/aromatic N) is 1. The molecule has 4 nitrogen and oxygen atoms in total. The number of aliphatic carboxylic acids is 1. The summed E-state index contributed by atoms with van der Waals surface area (Å²) in [4.78, 5) is 11.1. The normalized spacial score (nSPS) is 46.5. The predicted octanol–water partition coefficient (Wildman–Crippen LogP) is 3.27. The van der Waals surface area contributed by atoms with E-state index < -0.39 is 5.97 Å². The number of carboxylic acids is 1. The second-order valence-electron chi connectivity index (χ2n) is 8.82. The van der Waals surface area contributed by atoms with Crippen molar-refractivity contribution in [3.63, 3.8) is 0 Å². The fourth-order valence-electron chi connectivity index (χ4n) is 6.57. The third kappa shape index (κ3) is 2.27. The maximum atomic E-state index is 11.1. The zero-order valence-corrected chi connectivity index (χ0v) is 13.5. The largest absolute Gasteiger partial charge is 0.478 e. The molecule has 0 amide bonds. The first-order valence-corrected chi connectivity index (χ1v) is 8.11. The van der Waals surface area contributed by atoms with Crippen molar-refractivity contribution in [2.75, 3.05) is 6.61 Å². The maximum absolute atomic E-state index is 11.1. The molecule has 4 unspecified atom stereocenters. The van der Waals surface area contributed by atoms with Crippen LogP contribution in [0.3, 0.4) is 0 Å². The summed E-state index contributed by atoms with van der Waals surface area (Å²) in [6.45, 7) is 4.03. The van der Waals surface area contributed by atoms with Crippen molar-refractivity contribution in [2.24, 2.45) is 21.7 Å². The van der Waals surface area contributed by atoms with Gasteiger partial charge in [0.15, 0.2) is 0 Å². The lowest BCUT2D eigenvalue weighted by atomic mass is 9.35. The van der Waals surface area contributed by atoms with Crippen LogP contribution in [0.25, 0.3) is 0 Å². The number of nitriles is 1. The van der Waals surface area contributed by atoms with Crippen LogP contribution in [0, 0.1) is 33.0 Å². The smallest absolute Gasteiger partial charge is 0.330 e. The van der Waals surface area contributed by atoms with Crippen LogP contribution in [0.1, 0.15) is 58.8 Å². The van der Waals surface area contributed by atoms with Gasteiger partial charge in [0, 0.05) is 12.2 Å². The fourth-order valence-corrected chi connectivity index (χ4v) is 6.57. The number of hydrogen-bond donors (Lipinski definition) is 2. The molecule has 120 valence electrons. The van der Waals surface area contributed by atoms with Gasteiger partial charge in [-0.1, -0.05) is 13.0 Å². The van der Waals surface area contributed by atoms with E-state index in [9.17, 15) is 15.2 Å². The van der Waals surface area contributed by atoms with Crippen LogP contribution in [-0.4, -0.2) is 22.8 Å². The summed E-state index contributed by atoms with van der Waals surface area (Å²) in [5, 5.41) is 28.9. The Bertz CT molecular complexity index is 592. The molecule has 2 N–H and O–H groups in total. The van der Waals surface area contributed by atoms with Gasteiger partial charge in [-0.05, 0) is 68.1 Å². The summed E-state index contributed by atoms with van der Waals surface area (Å²) in [5.74, 6) is -0.872. The molecule has 4 aliphatic rings. The highest BCUT2D eigenvalue weighted by molar-refractivity contribution is 5.85. The summed E-state index contributed by atoms with van der Waals surface area (Å²) in [6.07, 6.45) is 8.13. The average Bonchev–Trinajstić information content (AvgIpc) is 2.42. The lowest BCUT2D eigenvalue weighted by molar-refractivity contribution is -0.188. The van der Waals surface area contributed by atoms with E-state index in [0.29, 0.717) is 12.0 Å². The Balaban J connectivity index is 1.97. The molecule has 0 aromatic carbocycles. The summed E-state index contributed by atoms with van der Waals surface area (Å²) in [5.41, 5.74) is 0.0167. The quantitative estimate of drug-likeness (QED) is 0.781. The molecule has 4 rings (SSSR count). The van der Waals surface area contributed by atoms with Crippen molar-refractivity contribution in [2.45, 2.75) is 58.8 Å². The number of aliphatic hydroxyl groups is 1. The van der Waals surface area contributed by atoms with E-state index in [1.165, 1.54) is 0 Å². The zero-order valence-electron chi connectivity index (χ0n) is 13.5. The van der Waals surface area contributed by atoms with E-state index in [4.69, 9.17) is 5.11 Å². The van der Waals surface area contributed by atoms with Gasteiger partial charge >= 0.3 is 5.97 Å². The van der Waals surface area contributed by atoms with Crippen LogP contribution in [-0.2, 0) is 4.79 Å². The second kappa shape index (κ2) is 4.58. The molecule has 4 aliphatic carbocycles. The molecule has 22 heavy (non-hydrogen) atoms. The van der Waals surface area contributed by atoms with Gasteiger partial charge in [0.1, 0.15) is 0 Å². The third-order valence-electron chi connectivity index (χ3n) is 6.30. The molecule has 4 atom stereocenters. The summed E-state index contributed by atoms with van der Waals surface area (Å²) in [6, 6.07) is 2.58. The van der Waals surface area contributed by atoms with Crippen molar-refractivity contribution in [3.8, 4) is 6.07 Å². The first-order chi connectivity index (χ1) is 10.2. The number of carbonyl (C=O) groups is 1. The molecule has 4 heteroatoms. The lowest BCUT2D eigenvalue weighted by Gasteiger charge is -2.68. The van der Waals surface area contributed by atoms with Crippen molar-refractivity contribution in [1.82, 2.24) is 0 Å².